The number of amides is 1. The van der Waals surface area contributed by atoms with Crippen LogP contribution in [-0.2, 0) is 4.79 Å². The van der Waals surface area contributed by atoms with Crippen LogP contribution < -0.4 is 5.32 Å². The van der Waals surface area contributed by atoms with E-state index in [-0.39, 0.29) is 12.5 Å². The molecule has 2 unspecified atom stereocenters. The predicted octanol–water partition coefficient (Wildman–Crippen LogP) is 20.9. The van der Waals surface area contributed by atoms with Crippen LogP contribution in [-0.4, -0.2) is 34.9 Å². The summed E-state index contributed by atoms with van der Waals surface area (Å²) < 4.78 is 0. The molecule has 0 aliphatic rings. The summed E-state index contributed by atoms with van der Waals surface area (Å²) in [6.07, 6.45) is 78.0. The van der Waals surface area contributed by atoms with Crippen molar-refractivity contribution in [3.05, 3.63) is 12.2 Å². The maximum atomic E-state index is 12.5. The molecule has 2 atom stereocenters. The van der Waals surface area contributed by atoms with Gasteiger partial charge in [-0.05, 0) is 38.5 Å². The number of hydrogen-bond acceptors (Lipinski definition) is 3. The topological polar surface area (TPSA) is 69.6 Å². The minimum atomic E-state index is -0.658. The van der Waals surface area contributed by atoms with Crippen LogP contribution in [0.1, 0.15) is 367 Å². The first-order valence-corrected chi connectivity index (χ1v) is 31.4. The number of rotatable bonds is 59. The Morgan fingerprint density at radius 2 is 0.567 bits per heavy atom. The van der Waals surface area contributed by atoms with Gasteiger partial charge in [-0.15, -0.1) is 0 Å². The van der Waals surface area contributed by atoms with E-state index in [0.717, 1.165) is 25.7 Å². The van der Waals surface area contributed by atoms with Crippen molar-refractivity contribution < 1.29 is 15.0 Å². The lowest BCUT2D eigenvalue weighted by Gasteiger charge is -2.22. The molecule has 0 heterocycles. The van der Waals surface area contributed by atoms with Gasteiger partial charge in [0.05, 0.1) is 18.8 Å². The summed E-state index contributed by atoms with van der Waals surface area (Å²) in [4.78, 5) is 12.5. The summed E-state index contributed by atoms with van der Waals surface area (Å²) in [5.74, 6) is -0.0237. The second kappa shape index (κ2) is 59.4. The monoisotopic (exact) mass is 944 g/mol. The first-order valence-electron chi connectivity index (χ1n) is 31.4. The molecule has 0 aliphatic carbocycles. The van der Waals surface area contributed by atoms with Gasteiger partial charge >= 0.3 is 0 Å². The quantitative estimate of drug-likeness (QED) is 0.0420. The van der Waals surface area contributed by atoms with E-state index in [0.29, 0.717) is 12.8 Å². The summed E-state index contributed by atoms with van der Waals surface area (Å²) in [5, 5.41) is 23.4. The molecule has 4 nitrogen and oxygen atoms in total. The number of unbranched alkanes of at least 4 members (excludes halogenated alkanes) is 50. The van der Waals surface area contributed by atoms with Crippen LogP contribution in [0.2, 0.25) is 0 Å². The Balaban J connectivity index is 3.39. The van der Waals surface area contributed by atoms with Crippen LogP contribution in [0, 0.1) is 0 Å². The average molecular weight is 945 g/mol. The zero-order valence-corrected chi connectivity index (χ0v) is 46.2. The number of carbonyl (C=O) groups is 1. The highest BCUT2D eigenvalue weighted by atomic mass is 16.3. The summed E-state index contributed by atoms with van der Waals surface area (Å²) in [7, 11) is 0. The Kier molecular flexibility index (Phi) is 58.7. The maximum Gasteiger partial charge on any atom is 0.220 e. The van der Waals surface area contributed by atoms with Gasteiger partial charge in [0, 0.05) is 6.42 Å². The van der Waals surface area contributed by atoms with E-state index in [2.05, 4.69) is 31.3 Å². The SMILES string of the molecule is CCCCCCCCCC/C=C\CCCCCCCCCCCCCCCC(=O)NC(CO)C(O)CCCCCCCCCCCCCCCCCCCCCCCCCCCCCCCC. The molecule has 0 spiro atoms. The Morgan fingerprint density at radius 3 is 0.821 bits per heavy atom. The Labute approximate surface area is 422 Å². The number of aliphatic hydroxyl groups is 2. The van der Waals surface area contributed by atoms with E-state index in [1.54, 1.807) is 0 Å². The van der Waals surface area contributed by atoms with Crippen LogP contribution >= 0.6 is 0 Å². The lowest BCUT2D eigenvalue weighted by Crippen LogP contribution is -2.45. The van der Waals surface area contributed by atoms with Crippen molar-refractivity contribution in [2.24, 2.45) is 0 Å². The highest BCUT2D eigenvalue weighted by Gasteiger charge is 2.20. The second-order valence-electron chi connectivity index (χ2n) is 21.8. The summed E-state index contributed by atoms with van der Waals surface area (Å²) in [6.45, 7) is 4.41. The molecule has 0 aliphatic heterocycles. The number of allylic oxidation sites excluding steroid dienone is 2. The third-order valence-electron chi connectivity index (χ3n) is 15.0. The molecular weight excluding hydrogens is 819 g/mol. The van der Waals surface area contributed by atoms with Crippen molar-refractivity contribution >= 4 is 5.91 Å². The molecule has 0 aromatic carbocycles. The standard InChI is InChI=1S/C63H125NO3/c1-3-5-7-9-11-13-15-17-19-21-23-25-27-29-30-31-32-33-35-36-38-40-42-44-46-48-50-52-54-56-58-62(66)61(60-65)64-63(67)59-57-55-53-51-49-47-45-43-41-39-37-34-28-26-24-22-20-18-16-14-12-10-8-6-4-2/h22,24,61-62,65-66H,3-21,23,25-60H2,1-2H3,(H,64,67)/b24-22-. The lowest BCUT2D eigenvalue weighted by atomic mass is 10.0. The highest BCUT2D eigenvalue weighted by Crippen LogP contribution is 2.19. The normalized spacial score (nSPS) is 12.7. The molecule has 0 saturated heterocycles. The fraction of sp³-hybridized carbons (Fsp3) is 0.952. The molecule has 4 heteroatoms. The van der Waals surface area contributed by atoms with Gasteiger partial charge in [-0.3, -0.25) is 4.79 Å². The zero-order chi connectivity index (χ0) is 48.5. The summed E-state index contributed by atoms with van der Waals surface area (Å²) in [5.41, 5.74) is 0. The number of carbonyl (C=O) groups excluding carboxylic acids is 1. The molecule has 1 amide bonds. The van der Waals surface area contributed by atoms with Crippen molar-refractivity contribution in [1.82, 2.24) is 5.32 Å². The smallest absolute Gasteiger partial charge is 0.220 e. The summed E-state index contributed by atoms with van der Waals surface area (Å²) in [6, 6.07) is -0.535. The molecule has 0 aromatic heterocycles. The largest absolute Gasteiger partial charge is 0.394 e. The van der Waals surface area contributed by atoms with Gasteiger partial charge in [0.25, 0.3) is 0 Å². The van der Waals surface area contributed by atoms with Crippen LogP contribution in [0.25, 0.3) is 0 Å². The Morgan fingerprint density at radius 1 is 0.343 bits per heavy atom. The van der Waals surface area contributed by atoms with E-state index in [9.17, 15) is 15.0 Å². The molecule has 400 valence electrons. The maximum absolute atomic E-state index is 12.5. The van der Waals surface area contributed by atoms with Crippen LogP contribution in [0.3, 0.4) is 0 Å². The van der Waals surface area contributed by atoms with E-state index < -0.39 is 12.1 Å². The van der Waals surface area contributed by atoms with Gasteiger partial charge < -0.3 is 15.5 Å². The molecule has 0 aromatic rings. The predicted molar refractivity (Wildman–Crippen MR) is 299 cm³/mol. The average Bonchev–Trinajstić information content (AvgIpc) is 3.33. The van der Waals surface area contributed by atoms with Crippen LogP contribution in [0.15, 0.2) is 12.2 Å². The molecule has 0 radical (unpaired) electrons. The number of hydrogen-bond donors (Lipinski definition) is 3. The van der Waals surface area contributed by atoms with Gasteiger partial charge in [-0.2, -0.15) is 0 Å². The first-order chi connectivity index (χ1) is 33.2. The van der Waals surface area contributed by atoms with Crippen molar-refractivity contribution in [3.8, 4) is 0 Å². The van der Waals surface area contributed by atoms with Gasteiger partial charge in [-0.25, -0.2) is 0 Å². The molecule has 0 rings (SSSR count). The van der Waals surface area contributed by atoms with Gasteiger partial charge in [0.2, 0.25) is 5.91 Å². The fourth-order valence-electron chi connectivity index (χ4n) is 10.2. The second-order valence-corrected chi connectivity index (χ2v) is 21.8. The Bertz CT molecular complexity index is 936. The number of aliphatic hydroxyl groups excluding tert-OH is 2. The van der Waals surface area contributed by atoms with E-state index in [1.165, 1.54) is 315 Å². The van der Waals surface area contributed by atoms with E-state index in [4.69, 9.17) is 0 Å². The van der Waals surface area contributed by atoms with E-state index >= 15 is 0 Å². The molecule has 67 heavy (non-hydrogen) atoms. The first kappa shape index (κ1) is 66.1. The fourth-order valence-corrected chi connectivity index (χ4v) is 10.2. The summed E-state index contributed by atoms with van der Waals surface area (Å²) >= 11 is 0. The third-order valence-corrected chi connectivity index (χ3v) is 15.0. The molecular formula is C63H125NO3. The molecule has 0 saturated carbocycles. The van der Waals surface area contributed by atoms with Gasteiger partial charge in [0.1, 0.15) is 0 Å². The lowest BCUT2D eigenvalue weighted by molar-refractivity contribution is -0.123. The molecule has 3 N–H and O–H groups in total. The van der Waals surface area contributed by atoms with Crippen molar-refractivity contribution in [3.63, 3.8) is 0 Å². The molecule has 0 fully saturated rings. The minimum Gasteiger partial charge on any atom is -0.394 e. The minimum absolute atomic E-state index is 0.0237. The van der Waals surface area contributed by atoms with Gasteiger partial charge in [0.15, 0.2) is 0 Å². The van der Waals surface area contributed by atoms with Crippen molar-refractivity contribution in [2.75, 3.05) is 6.61 Å². The van der Waals surface area contributed by atoms with Crippen molar-refractivity contribution in [2.45, 2.75) is 379 Å². The highest BCUT2D eigenvalue weighted by molar-refractivity contribution is 5.76. The van der Waals surface area contributed by atoms with E-state index in [1.807, 2.05) is 0 Å². The zero-order valence-electron chi connectivity index (χ0n) is 46.2. The van der Waals surface area contributed by atoms with Crippen molar-refractivity contribution in [1.29, 1.82) is 0 Å². The van der Waals surface area contributed by atoms with Gasteiger partial charge in [-0.1, -0.05) is 334 Å². The Hall–Kier alpha value is -0.870. The third kappa shape index (κ3) is 55.9. The van der Waals surface area contributed by atoms with Crippen LogP contribution in [0.4, 0.5) is 0 Å². The molecule has 0 bridgehead atoms. The number of nitrogens with one attached hydrogen (secondary N) is 1. The van der Waals surface area contributed by atoms with Crippen LogP contribution in [0.5, 0.6) is 0 Å².